The highest BCUT2D eigenvalue weighted by molar-refractivity contribution is 5.51. The second-order valence-corrected chi connectivity index (χ2v) is 4.66. The zero-order valence-corrected chi connectivity index (χ0v) is 11.4. The van der Waals surface area contributed by atoms with Gasteiger partial charge in [-0.1, -0.05) is 0 Å². The lowest BCUT2D eigenvalue weighted by molar-refractivity contribution is 0.0238. The minimum Gasteiger partial charge on any atom is -0.394 e. The second-order valence-electron chi connectivity index (χ2n) is 4.66. The lowest BCUT2D eigenvalue weighted by Crippen LogP contribution is -2.26. The molecule has 0 radical (unpaired) electrons. The van der Waals surface area contributed by atoms with E-state index in [1.807, 2.05) is 0 Å². The fourth-order valence-electron chi connectivity index (χ4n) is 1.97. The summed E-state index contributed by atoms with van der Waals surface area (Å²) in [5.41, 5.74) is -0.122. The first-order valence-electron chi connectivity index (χ1n) is 5.97. The second kappa shape index (κ2) is 5.70. The quantitative estimate of drug-likeness (QED) is 0.470. The van der Waals surface area contributed by atoms with Crippen LogP contribution in [0, 0.1) is 46.5 Å². The molecule has 0 aliphatic carbocycles. The molecule has 0 spiro atoms. The summed E-state index contributed by atoms with van der Waals surface area (Å²) in [5.74, 6) is -26.8. The predicted octanol–water partition coefficient (Wildman–Crippen LogP) is 4.10. The summed E-state index contributed by atoms with van der Waals surface area (Å²) in [6.07, 6.45) is 0. The Labute approximate surface area is 131 Å². The summed E-state index contributed by atoms with van der Waals surface area (Å²) in [4.78, 5) is 0. The Bertz CT molecular complexity index is 764. The minimum absolute atomic E-state index is 1.83. The Morgan fingerprint density at radius 1 is 0.440 bits per heavy atom. The van der Waals surface area contributed by atoms with E-state index in [2.05, 4.69) is 11.5 Å². The smallest absolute Gasteiger partial charge is 0.310 e. The number of halogens is 10. The van der Waals surface area contributed by atoms with Crippen molar-refractivity contribution in [3.05, 3.63) is 57.7 Å². The van der Waals surface area contributed by atoms with E-state index in [0.29, 0.717) is 0 Å². The van der Waals surface area contributed by atoms with Gasteiger partial charge in [0.1, 0.15) is 22.5 Å². The average Bonchev–Trinajstić information content (AvgIpc) is 2.54. The van der Waals surface area contributed by atoms with Gasteiger partial charge in [0.25, 0.3) is 0 Å². The molecule has 2 rings (SSSR count). The number of nitrogen functional groups attached to an aromatic ring is 2. The van der Waals surface area contributed by atoms with Crippen LogP contribution < -0.4 is 11.5 Å². The van der Waals surface area contributed by atoms with Crippen LogP contribution in [0.15, 0.2) is 0 Å². The standard InChI is InChI=1S/C13H4F10N2/c14-3-1(4(15)8(19)11(24)7(3)18)13(22,23)2-5(16)9(20)12(25)10(21)6(2)17/h24-25H2. The van der Waals surface area contributed by atoms with E-state index in [1.165, 1.54) is 0 Å². The van der Waals surface area contributed by atoms with Gasteiger partial charge in [0, 0.05) is 0 Å². The van der Waals surface area contributed by atoms with Crippen molar-refractivity contribution in [1.82, 2.24) is 0 Å². The Kier molecular flexibility index (Phi) is 4.26. The summed E-state index contributed by atoms with van der Waals surface area (Å²) in [6, 6.07) is 0. The van der Waals surface area contributed by atoms with Crippen molar-refractivity contribution >= 4 is 11.4 Å². The Morgan fingerprint density at radius 3 is 0.840 bits per heavy atom. The third kappa shape index (κ3) is 2.43. The molecule has 0 unspecified atom stereocenters. The van der Waals surface area contributed by atoms with E-state index in [0.717, 1.165) is 0 Å². The van der Waals surface area contributed by atoms with Crippen LogP contribution in [0.1, 0.15) is 11.1 Å². The van der Waals surface area contributed by atoms with Crippen LogP contribution >= 0.6 is 0 Å². The number of rotatable bonds is 2. The number of alkyl halides is 2. The third-order valence-corrected chi connectivity index (χ3v) is 3.22. The molecule has 0 aliphatic heterocycles. The van der Waals surface area contributed by atoms with Gasteiger partial charge in [0.15, 0.2) is 46.5 Å². The van der Waals surface area contributed by atoms with Gasteiger partial charge in [-0.25, -0.2) is 35.1 Å². The molecule has 12 heteroatoms. The Balaban J connectivity index is 2.96. The summed E-state index contributed by atoms with van der Waals surface area (Å²) >= 11 is 0. The zero-order chi connectivity index (χ0) is 19.4. The van der Waals surface area contributed by atoms with Gasteiger partial charge in [-0.15, -0.1) is 0 Å². The SMILES string of the molecule is Nc1c(F)c(F)c(C(F)(F)c2c(F)c(F)c(N)c(F)c2F)c(F)c1F. The van der Waals surface area contributed by atoms with Crippen molar-refractivity contribution in [2.24, 2.45) is 0 Å². The van der Waals surface area contributed by atoms with Crippen molar-refractivity contribution in [1.29, 1.82) is 0 Å². The topological polar surface area (TPSA) is 52.0 Å². The predicted molar refractivity (Wildman–Crippen MR) is 64.4 cm³/mol. The number of hydrogen-bond donors (Lipinski definition) is 2. The molecular formula is C13H4F10N2. The zero-order valence-electron chi connectivity index (χ0n) is 11.4. The number of hydrogen-bond acceptors (Lipinski definition) is 2. The van der Waals surface area contributed by atoms with E-state index in [-0.39, 0.29) is 0 Å². The fourth-order valence-corrected chi connectivity index (χ4v) is 1.97. The molecule has 0 saturated heterocycles. The highest BCUT2D eigenvalue weighted by atomic mass is 19.3. The molecule has 0 fully saturated rings. The van der Waals surface area contributed by atoms with E-state index in [9.17, 15) is 43.9 Å². The highest BCUT2D eigenvalue weighted by Crippen LogP contribution is 2.45. The van der Waals surface area contributed by atoms with Gasteiger partial charge in [0.2, 0.25) is 0 Å². The van der Waals surface area contributed by atoms with Crippen molar-refractivity contribution in [3.8, 4) is 0 Å². The van der Waals surface area contributed by atoms with Crippen LogP contribution in [0.5, 0.6) is 0 Å². The van der Waals surface area contributed by atoms with Gasteiger partial charge in [-0.05, 0) is 0 Å². The van der Waals surface area contributed by atoms with Gasteiger partial charge < -0.3 is 11.5 Å². The van der Waals surface area contributed by atoms with E-state index in [4.69, 9.17) is 0 Å². The highest BCUT2D eigenvalue weighted by Gasteiger charge is 2.49. The molecule has 0 aliphatic rings. The molecule has 2 aromatic rings. The van der Waals surface area contributed by atoms with E-state index in [1.54, 1.807) is 0 Å². The first kappa shape index (κ1) is 18.7. The minimum atomic E-state index is -5.58. The number of benzene rings is 2. The summed E-state index contributed by atoms with van der Waals surface area (Å²) in [7, 11) is 0. The maximum atomic E-state index is 14.2. The lowest BCUT2D eigenvalue weighted by Gasteiger charge is -2.21. The average molecular weight is 378 g/mol. The molecule has 136 valence electrons. The van der Waals surface area contributed by atoms with Crippen molar-refractivity contribution in [2.75, 3.05) is 11.5 Å². The normalized spacial score (nSPS) is 11.9. The largest absolute Gasteiger partial charge is 0.394 e. The third-order valence-electron chi connectivity index (χ3n) is 3.22. The van der Waals surface area contributed by atoms with Crippen molar-refractivity contribution in [3.63, 3.8) is 0 Å². The van der Waals surface area contributed by atoms with Crippen molar-refractivity contribution < 1.29 is 43.9 Å². The molecule has 2 nitrogen and oxygen atoms in total. The Morgan fingerprint density at radius 2 is 0.640 bits per heavy atom. The molecule has 25 heavy (non-hydrogen) atoms. The van der Waals surface area contributed by atoms with Crippen LogP contribution in [-0.4, -0.2) is 0 Å². The molecule has 0 aromatic heterocycles. The summed E-state index contributed by atoms with van der Waals surface area (Å²) in [5, 5.41) is 0. The fraction of sp³-hybridized carbons (Fsp3) is 0.0769. The maximum absolute atomic E-state index is 14.2. The molecule has 2 aromatic carbocycles. The maximum Gasteiger partial charge on any atom is 0.310 e. The first-order valence-corrected chi connectivity index (χ1v) is 5.97. The molecular weight excluding hydrogens is 374 g/mol. The van der Waals surface area contributed by atoms with Gasteiger partial charge in [0.05, 0.1) is 0 Å². The number of anilines is 2. The molecule has 0 bridgehead atoms. The molecule has 4 N–H and O–H groups in total. The van der Waals surface area contributed by atoms with Gasteiger partial charge >= 0.3 is 5.92 Å². The van der Waals surface area contributed by atoms with Crippen LogP contribution in [0.4, 0.5) is 55.3 Å². The van der Waals surface area contributed by atoms with Crippen LogP contribution in [0.3, 0.4) is 0 Å². The summed E-state index contributed by atoms with van der Waals surface area (Å²) < 4.78 is 136. The molecule has 0 atom stereocenters. The lowest BCUT2D eigenvalue weighted by atomic mass is 9.96. The van der Waals surface area contributed by atoms with Crippen LogP contribution in [0.25, 0.3) is 0 Å². The molecule has 0 saturated carbocycles. The van der Waals surface area contributed by atoms with Crippen molar-refractivity contribution in [2.45, 2.75) is 5.92 Å². The van der Waals surface area contributed by atoms with Crippen LogP contribution in [-0.2, 0) is 5.92 Å². The monoisotopic (exact) mass is 378 g/mol. The Hall–Kier alpha value is -2.66. The summed E-state index contributed by atoms with van der Waals surface area (Å²) in [6.45, 7) is 0. The molecule has 0 amide bonds. The van der Waals surface area contributed by atoms with Crippen LogP contribution in [0.2, 0.25) is 0 Å². The van der Waals surface area contributed by atoms with Gasteiger partial charge in [-0.3, -0.25) is 0 Å². The van der Waals surface area contributed by atoms with E-state index >= 15 is 0 Å². The number of nitrogens with two attached hydrogens (primary N) is 2. The molecule has 0 heterocycles. The first-order chi connectivity index (χ1) is 11.4. The van der Waals surface area contributed by atoms with E-state index < -0.39 is 75.0 Å². The van der Waals surface area contributed by atoms with Gasteiger partial charge in [-0.2, -0.15) is 8.78 Å².